The molecule has 0 aromatic rings. The van der Waals surface area contributed by atoms with Gasteiger partial charge in [0.2, 0.25) is 0 Å². The molecular formula is C5H9N3O3. The molecule has 6 nitrogen and oxygen atoms in total. The van der Waals surface area contributed by atoms with Crippen LogP contribution in [0.3, 0.4) is 0 Å². The van der Waals surface area contributed by atoms with Crippen molar-refractivity contribution in [2.24, 2.45) is 5.11 Å². The van der Waals surface area contributed by atoms with E-state index in [0.717, 1.165) is 7.11 Å². The number of hydrogen-bond donors (Lipinski definition) is 1. The van der Waals surface area contributed by atoms with Crippen molar-refractivity contribution in [2.75, 3.05) is 13.7 Å². The van der Waals surface area contributed by atoms with Crippen molar-refractivity contribution in [3.63, 3.8) is 0 Å². The van der Waals surface area contributed by atoms with Gasteiger partial charge in [-0.1, -0.05) is 5.11 Å². The molecule has 6 heteroatoms. The summed E-state index contributed by atoms with van der Waals surface area (Å²) in [5.74, 6) is -0.815. The van der Waals surface area contributed by atoms with Crippen LogP contribution in [0, 0.1) is 0 Å². The smallest absolute Gasteiger partial charge is 0.337 e. The Morgan fingerprint density at radius 1 is 1.91 bits per heavy atom. The maximum atomic E-state index is 10.7. The van der Waals surface area contributed by atoms with Gasteiger partial charge < -0.3 is 9.84 Å². The maximum absolute atomic E-state index is 10.7. The van der Waals surface area contributed by atoms with Crippen LogP contribution in [0.2, 0.25) is 0 Å². The third-order valence-corrected chi connectivity index (χ3v) is 1.07. The molecule has 0 aliphatic heterocycles. The molecule has 1 atom stereocenters. The lowest BCUT2D eigenvalue weighted by molar-refractivity contribution is -0.159. The van der Waals surface area contributed by atoms with E-state index in [4.69, 9.17) is 5.53 Å². The molecule has 0 spiro atoms. The second-order valence-electron chi connectivity index (χ2n) is 2.15. The van der Waals surface area contributed by atoms with Gasteiger partial charge in [-0.05, 0) is 12.5 Å². The molecule has 0 aliphatic carbocycles. The van der Waals surface area contributed by atoms with Crippen molar-refractivity contribution >= 4 is 5.97 Å². The fourth-order valence-corrected chi connectivity index (χ4v) is 0.454. The molecule has 0 aromatic carbocycles. The second-order valence-corrected chi connectivity index (χ2v) is 2.15. The largest absolute Gasteiger partial charge is 0.467 e. The van der Waals surface area contributed by atoms with Crippen molar-refractivity contribution < 1.29 is 14.6 Å². The zero-order valence-corrected chi connectivity index (χ0v) is 6.31. The van der Waals surface area contributed by atoms with E-state index in [1.807, 2.05) is 0 Å². The first kappa shape index (κ1) is 9.74. The number of esters is 1. The van der Waals surface area contributed by atoms with Gasteiger partial charge in [-0.15, -0.1) is 0 Å². The summed E-state index contributed by atoms with van der Waals surface area (Å²) in [7, 11) is 1.15. The highest BCUT2D eigenvalue weighted by Crippen LogP contribution is 2.05. The van der Waals surface area contributed by atoms with Gasteiger partial charge in [0.1, 0.15) is 0 Å². The number of ether oxygens (including phenoxy) is 1. The van der Waals surface area contributed by atoms with Crippen LogP contribution in [0.1, 0.15) is 6.92 Å². The topological polar surface area (TPSA) is 95.3 Å². The van der Waals surface area contributed by atoms with E-state index >= 15 is 0 Å². The summed E-state index contributed by atoms with van der Waals surface area (Å²) < 4.78 is 4.24. The van der Waals surface area contributed by atoms with Crippen LogP contribution in [0.15, 0.2) is 5.11 Å². The molecule has 0 saturated carbocycles. The molecule has 11 heavy (non-hydrogen) atoms. The van der Waals surface area contributed by atoms with Gasteiger partial charge in [0.25, 0.3) is 0 Å². The van der Waals surface area contributed by atoms with Gasteiger partial charge in [-0.25, -0.2) is 4.79 Å². The Balaban J connectivity index is 4.20. The second kappa shape index (κ2) is 3.80. The lowest BCUT2D eigenvalue weighted by atomic mass is 10.1. The molecule has 0 saturated heterocycles. The van der Waals surface area contributed by atoms with E-state index in [2.05, 4.69) is 14.8 Å². The van der Waals surface area contributed by atoms with E-state index in [1.165, 1.54) is 6.92 Å². The summed E-state index contributed by atoms with van der Waals surface area (Å²) >= 11 is 0. The first-order valence-electron chi connectivity index (χ1n) is 2.86. The molecule has 0 radical (unpaired) electrons. The summed E-state index contributed by atoms with van der Waals surface area (Å²) in [6.45, 7) is 0.893. The standard InChI is InChI=1S/C5H9N3O3/c1-5(10,3-7-8-6)4(9)11-2/h10H,3H2,1-2H3/t5-/m0/s1. The van der Waals surface area contributed by atoms with E-state index in [-0.39, 0.29) is 6.54 Å². The number of rotatable bonds is 3. The van der Waals surface area contributed by atoms with Crippen LogP contribution in [0.4, 0.5) is 0 Å². The first-order valence-corrected chi connectivity index (χ1v) is 2.86. The highest BCUT2D eigenvalue weighted by atomic mass is 16.5. The Morgan fingerprint density at radius 3 is 2.82 bits per heavy atom. The molecular weight excluding hydrogens is 150 g/mol. The van der Waals surface area contributed by atoms with Crippen molar-refractivity contribution in [3.05, 3.63) is 10.4 Å². The van der Waals surface area contributed by atoms with Crippen molar-refractivity contribution in [1.82, 2.24) is 0 Å². The normalized spacial score (nSPS) is 14.5. The third kappa shape index (κ3) is 2.88. The van der Waals surface area contributed by atoms with Gasteiger partial charge >= 0.3 is 5.97 Å². The first-order chi connectivity index (χ1) is 5.04. The van der Waals surface area contributed by atoms with E-state index in [0.29, 0.717) is 0 Å². The Morgan fingerprint density at radius 2 is 2.45 bits per heavy atom. The zero-order valence-electron chi connectivity index (χ0n) is 6.31. The number of azide groups is 1. The summed E-state index contributed by atoms with van der Waals surface area (Å²) in [6, 6.07) is 0. The summed E-state index contributed by atoms with van der Waals surface area (Å²) in [6.07, 6.45) is 0. The summed E-state index contributed by atoms with van der Waals surface area (Å²) in [5, 5.41) is 12.2. The average molecular weight is 159 g/mol. The molecule has 0 fully saturated rings. The van der Waals surface area contributed by atoms with E-state index in [9.17, 15) is 9.90 Å². The Hall–Kier alpha value is -1.26. The van der Waals surface area contributed by atoms with Gasteiger partial charge in [0.05, 0.1) is 13.7 Å². The highest BCUT2D eigenvalue weighted by molar-refractivity contribution is 5.78. The van der Waals surface area contributed by atoms with Crippen LogP contribution in [0.25, 0.3) is 10.4 Å². The van der Waals surface area contributed by atoms with Gasteiger partial charge in [-0.3, -0.25) is 0 Å². The predicted molar refractivity (Wildman–Crippen MR) is 36.7 cm³/mol. The van der Waals surface area contributed by atoms with E-state index in [1.54, 1.807) is 0 Å². The number of carbonyl (C=O) groups is 1. The fourth-order valence-electron chi connectivity index (χ4n) is 0.454. The number of methoxy groups -OCH3 is 1. The Labute approximate surface area is 63.4 Å². The fraction of sp³-hybridized carbons (Fsp3) is 0.800. The summed E-state index contributed by atoms with van der Waals surface area (Å²) in [5.41, 5.74) is 6.16. The molecule has 1 N–H and O–H groups in total. The molecule has 0 heterocycles. The lowest BCUT2D eigenvalue weighted by Gasteiger charge is -2.16. The number of aliphatic hydroxyl groups is 1. The van der Waals surface area contributed by atoms with Gasteiger partial charge in [0, 0.05) is 4.91 Å². The molecule has 62 valence electrons. The maximum Gasteiger partial charge on any atom is 0.337 e. The predicted octanol–water partition coefficient (Wildman–Crippen LogP) is 0.221. The minimum Gasteiger partial charge on any atom is -0.467 e. The van der Waals surface area contributed by atoms with Crippen molar-refractivity contribution in [3.8, 4) is 0 Å². The molecule has 0 unspecified atom stereocenters. The van der Waals surface area contributed by atoms with Crippen molar-refractivity contribution in [2.45, 2.75) is 12.5 Å². The minimum absolute atomic E-state index is 0.323. The zero-order chi connectivity index (χ0) is 8.91. The van der Waals surface area contributed by atoms with Crippen molar-refractivity contribution in [1.29, 1.82) is 0 Å². The lowest BCUT2D eigenvalue weighted by Crippen LogP contribution is -2.39. The summed E-state index contributed by atoms with van der Waals surface area (Å²) in [4.78, 5) is 13.1. The minimum atomic E-state index is -1.72. The number of hydrogen-bond acceptors (Lipinski definition) is 4. The Bertz CT molecular complexity index is 195. The van der Waals surface area contributed by atoms with Crippen LogP contribution in [0.5, 0.6) is 0 Å². The van der Waals surface area contributed by atoms with Crippen LogP contribution < -0.4 is 0 Å². The highest BCUT2D eigenvalue weighted by Gasteiger charge is 2.30. The average Bonchev–Trinajstić information content (AvgIpc) is 1.99. The third-order valence-electron chi connectivity index (χ3n) is 1.07. The number of nitrogens with zero attached hydrogens (tertiary/aromatic N) is 3. The van der Waals surface area contributed by atoms with Crippen LogP contribution in [-0.4, -0.2) is 30.3 Å². The molecule has 0 amide bonds. The molecule has 0 rings (SSSR count). The number of carbonyl (C=O) groups excluding carboxylic acids is 1. The Kier molecular flexibility index (Phi) is 3.36. The monoisotopic (exact) mass is 159 g/mol. The van der Waals surface area contributed by atoms with E-state index < -0.39 is 11.6 Å². The quantitative estimate of drug-likeness (QED) is 0.276. The van der Waals surface area contributed by atoms with Crippen LogP contribution in [-0.2, 0) is 9.53 Å². The van der Waals surface area contributed by atoms with Gasteiger partial charge in [-0.2, -0.15) is 0 Å². The molecule has 0 bridgehead atoms. The SMILES string of the molecule is COC(=O)[C@@](C)(O)CN=[N+]=[N-]. The van der Waals surface area contributed by atoms with Gasteiger partial charge in [0.15, 0.2) is 5.60 Å². The van der Waals surface area contributed by atoms with Crippen LogP contribution >= 0.6 is 0 Å². The molecule has 0 aromatic heterocycles. The molecule has 0 aliphatic rings.